The Kier molecular flexibility index (Phi) is 5.71. The van der Waals surface area contributed by atoms with Gasteiger partial charge in [-0.2, -0.15) is 0 Å². The molecule has 1 N–H and O–H groups in total. The first-order chi connectivity index (χ1) is 13.0. The smallest absolute Gasteiger partial charge is 0.270 e. The number of benzene rings is 2. The number of nitrogens with one attached hydrogen (secondary N) is 1. The Bertz CT molecular complexity index is 845. The van der Waals surface area contributed by atoms with E-state index in [9.17, 15) is 14.9 Å². The lowest BCUT2D eigenvalue weighted by atomic mass is 10.0. The number of hydrogen-bond acceptors (Lipinski definition) is 5. The molecule has 1 amide bonds. The van der Waals surface area contributed by atoms with Crippen LogP contribution in [-0.2, 0) is 11.3 Å². The van der Waals surface area contributed by atoms with Gasteiger partial charge in [0.25, 0.3) is 11.6 Å². The van der Waals surface area contributed by atoms with Crippen molar-refractivity contribution in [3.63, 3.8) is 0 Å². The molecule has 0 bridgehead atoms. The number of non-ortho nitro benzene ring substituents is 1. The predicted molar refractivity (Wildman–Crippen MR) is 103 cm³/mol. The van der Waals surface area contributed by atoms with E-state index >= 15 is 0 Å². The average molecular weight is 369 g/mol. The van der Waals surface area contributed by atoms with Crippen LogP contribution in [0.2, 0.25) is 0 Å². The minimum absolute atomic E-state index is 0.105. The van der Waals surface area contributed by atoms with E-state index in [0.717, 1.165) is 30.6 Å². The van der Waals surface area contributed by atoms with Gasteiger partial charge in [-0.05, 0) is 30.0 Å². The van der Waals surface area contributed by atoms with E-state index in [1.54, 1.807) is 25.1 Å². The molecular weight excluding hydrogens is 346 g/mol. The molecule has 2 aromatic rings. The highest BCUT2D eigenvalue weighted by Gasteiger charge is 2.19. The Morgan fingerprint density at radius 1 is 1.30 bits per heavy atom. The second-order valence-corrected chi connectivity index (χ2v) is 6.78. The molecule has 1 heterocycles. The van der Waals surface area contributed by atoms with E-state index < -0.39 is 4.92 Å². The zero-order valence-corrected chi connectivity index (χ0v) is 15.5. The highest BCUT2D eigenvalue weighted by molar-refractivity contribution is 6.00. The van der Waals surface area contributed by atoms with Crippen LogP contribution in [-0.4, -0.2) is 31.5 Å². The maximum atomic E-state index is 12.7. The molecule has 0 aromatic heterocycles. The van der Waals surface area contributed by atoms with Gasteiger partial charge in [0.05, 0.1) is 16.6 Å². The number of carbonyl (C=O) groups excluding carboxylic acids is 1. The van der Waals surface area contributed by atoms with Crippen LogP contribution in [0.5, 0.6) is 0 Å². The summed E-state index contributed by atoms with van der Waals surface area (Å²) in [4.78, 5) is 25.0. The fourth-order valence-corrected chi connectivity index (χ4v) is 3.23. The van der Waals surface area contributed by atoms with Gasteiger partial charge in [-0.25, -0.2) is 0 Å². The number of anilines is 1. The number of nitrogens with zero attached hydrogens (tertiary/aromatic N) is 2. The van der Waals surface area contributed by atoms with Gasteiger partial charge in [-0.1, -0.05) is 24.3 Å². The van der Waals surface area contributed by atoms with Crippen molar-refractivity contribution in [2.24, 2.45) is 0 Å². The molecule has 7 nitrogen and oxygen atoms in total. The Morgan fingerprint density at radius 3 is 2.78 bits per heavy atom. The summed E-state index contributed by atoms with van der Waals surface area (Å²) in [7, 11) is 3.59. The van der Waals surface area contributed by atoms with Crippen molar-refractivity contribution in [2.45, 2.75) is 25.5 Å². The molecule has 27 heavy (non-hydrogen) atoms. The molecule has 7 heteroatoms. The van der Waals surface area contributed by atoms with Gasteiger partial charge < -0.3 is 15.0 Å². The van der Waals surface area contributed by atoms with E-state index in [-0.39, 0.29) is 23.3 Å². The minimum atomic E-state index is -0.499. The normalized spacial score (nSPS) is 16.1. The predicted octanol–water partition coefficient (Wildman–Crippen LogP) is 3.44. The Balaban J connectivity index is 1.75. The number of hydrogen-bond donors (Lipinski definition) is 1. The van der Waals surface area contributed by atoms with E-state index in [2.05, 4.69) is 5.32 Å². The monoisotopic (exact) mass is 369 g/mol. The van der Waals surface area contributed by atoms with E-state index in [1.165, 1.54) is 12.1 Å². The second-order valence-electron chi connectivity index (χ2n) is 6.78. The molecule has 0 spiro atoms. The zero-order valence-electron chi connectivity index (χ0n) is 15.5. The SMILES string of the molecule is CN(C)c1ccc([N+](=O)[O-])cc1C(=O)NCc1cccc(C2CCCO2)c1. The van der Waals surface area contributed by atoms with Crippen LogP contribution in [0, 0.1) is 10.1 Å². The van der Waals surface area contributed by atoms with Crippen LogP contribution in [0.1, 0.15) is 40.4 Å². The van der Waals surface area contributed by atoms with Gasteiger partial charge in [0.1, 0.15) is 0 Å². The summed E-state index contributed by atoms with van der Waals surface area (Å²) in [6.45, 7) is 1.13. The highest BCUT2D eigenvalue weighted by atomic mass is 16.6. The van der Waals surface area contributed by atoms with Crippen molar-refractivity contribution in [1.29, 1.82) is 0 Å². The van der Waals surface area contributed by atoms with Gasteiger partial charge in [0.15, 0.2) is 0 Å². The summed E-state index contributed by atoms with van der Waals surface area (Å²) >= 11 is 0. The molecule has 0 radical (unpaired) electrons. The lowest BCUT2D eigenvalue weighted by Crippen LogP contribution is -2.25. The largest absolute Gasteiger partial charge is 0.377 e. The first-order valence-electron chi connectivity index (χ1n) is 8.90. The number of carbonyl (C=O) groups is 1. The summed E-state index contributed by atoms with van der Waals surface area (Å²) in [6, 6.07) is 12.3. The first kappa shape index (κ1) is 18.8. The van der Waals surface area contributed by atoms with Crippen molar-refractivity contribution in [3.05, 3.63) is 69.3 Å². The molecule has 0 saturated carbocycles. The molecule has 1 unspecified atom stereocenters. The summed E-state index contributed by atoms with van der Waals surface area (Å²) < 4.78 is 5.71. The highest BCUT2D eigenvalue weighted by Crippen LogP contribution is 2.29. The maximum absolute atomic E-state index is 12.7. The zero-order chi connectivity index (χ0) is 19.4. The van der Waals surface area contributed by atoms with Crippen molar-refractivity contribution in [3.8, 4) is 0 Å². The molecule has 1 aliphatic heterocycles. The third-order valence-corrected chi connectivity index (χ3v) is 4.62. The van der Waals surface area contributed by atoms with Crippen molar-refractivity contribution in [1.82, 2.24) is 5.32 Å². The Hall–Kier alpha value is -2.93. The van der Waals surface area contributed by atoms with Crippen molar-refractivity contribution < 1.29 is 14.5 Å². The van der Waals surface area contributed by atoms with E-state index in [0.29, 0.717) is 12.2 Å². The average Bonchev–Trinajstić information content (AvgIpc) is 3.20. The molecule has 1 saturated heterocycles. The van der Waals surface area contributed by atoms with Crippen LogP contribution in [0.4, 0.5) is 11.4 Å². The molecule has 1 aliphatic rings. The van der Waals surface area contributed by atoms with Crippen LogP contribution in [0.3, 0.4) is 0 Å². The summed E-state index contributed by atoms with van der Waals surface area (Å²) in [5.74, 6) is -0.343. The van der Waals surface area contributed by atoms with E-state index in [1.807, 2.05) is 24.3 Å². The quantitative estimate of drug-likeness (QED) is 0.623. The van der Waals surface area contributed by atoms with Crippen molar-refractivity contribution in [2.75, 3.05) is 25.6 Å². The van der Waals surface area contributed by atoms with E-state index in [4.69, 9.17) is 4.74 Å². The lowest BCUT2D eigenvalue weighted by Gasteiger charge is -2.17. The standard InChI is InChI=1S/C20H23N3O4/c1-22(2)18-9-8-16(23(25)26)12-17(18)20(24)21-13-14-5-3-6-15(11-14)19-7-4-10-27-19/h3,5-6,8-9,11-12,19H,4,7,10,13H2,1-2H3,(H,21,24). The van der Waals surface area contributed by atoms with Crippen LogP contribution >= 0.6 is 0 Å². The summed E-state index contributed by atoms with van der Waals surface area (Å²) in [5.41, 5.74) is 2.89. The van der Waals surface area contributed by atoms with Gasteiger partial charge in [-0.15, -0.1) is 0 Å². The second kappa shape index (κ2) is 8.18. The maximum Gasteiger partial charge on any atom is 0.270 e. The molecule has 3 rings (SSSR count). The minimum Gasteiger partial charge on any atom is -0.377 e. The number of amides is 1. The number of ether oxygens (including phenoxy) is 1. The molecule has 1 fully saturated rings. The molecule has 0 aliphatic carbocycles. The third-order valence-electron chi connectivity index (χ3n) is 4.62. The number of rotatable bonds is 6. The van der Waals surface area contributed by atoms with Gasteiger partial charge in [-0.3, -0.25) is 14.9 Å². The van der Waals surface area contributed by atoms with Crippen LogP contribution in [0.25, 0.3) is 0 Å². The topological polar surface area (TPSA) is 84.7 Å². The summed E-state index contributed by atoms with van der Waals surface area (Å²) in [5, 5.41) is 13.9. The van der Waals surface area contributed by atoms with Gasteiger partial charge in [0.2, 0.25) is 0 Å². The molecule has 2 aromatic carbocycles. The third kappa shape index (κ3) is 4.43. The molecular formula is C20H23N3O4. The van der Waals surface area contributed by atoms with Gasteiger partial charge >= 0.3 is 0 Å². The lowest BCUT2D eigenvalue weighted by molar-refractivity contribution is -0.384. The summed E-state index contributed by atoms with van der Waals surface area (Å²) in [6.07, 6.45) is 2.19. The fourth-order valence-electron chi connectivity index (χ4n) is 3.23. The number of nitro benzene ring substituents is 1. The Morgan fingerprint density at radius 2 is 2.11 bits per heavy atom. The van der Waals surface area contributed by atoms with Crippen LogP contribution in [0.15, 0.2) is 42.5 Å². The van der Waals surface area contributed by atoms with Gasteiger partial charge in [0, 0.05) is 45.1 Å². The molecule has 1 atom stereocenters. The molecule has 142 valence electrons. The van der Waals surface area contributed by atoms with Crippen LogP contribution < -0.4 is 10.2 Å². The fraction of sp³-hybridized carbons (Fsp3) is 0.350. The first-order valence-corrected chi connectivity index (χ1v) is 8.90. The number of nitro groups is 1. The van der Waals surface area contributed by atoms with Crippen molar-refractivity contribution >= 4 is 17.3 Å². The Labute approximate surface area is 158 Å².